The molecule has 0 bridgehead atoms. The van der Waals surface area contributed by atoms with Crippen molar-refractivity contribution < 1.29 is 18.3 Å². The molecule has 15 heavy (non-hydrogen) atoms. The zero-order valence-corrected chi connectivity index (χ0v) is 9.53. The van der Waals surface area contributed by atoms with E-state index >= 15 is 0 Å². The van der Waals surface area contributed by atoms with E-state index < -0.39 is 16.2 Å². The molecule has 1 N–H and O–H groups in total. The van der Waals surface area contributed by atoms with Crippen LogP contribution in [0.3, 0.4) is 0 Å². The molecule has 0 aromatic rings. The Morgan fingerprint density at radius 1 is 1.33 bits per heavy atom. The van der Waals surface area contributed by atoms with Gasteiger partial charge in [0.2, 0.25) is 0 Å². The summed E-state index contributed by atoms with van der Waals surface area (Å²) in [6.07, 6.45) is 0.615. The summed E-state index contributed by atoms with van der Waals surface area (Å²) in [5.41, 5.74) is 0. The van der Waals surface area contributed by atoms with Crippen molar-refractivity contribution in [2.24, 2.45) is 0 Å². The molecule has 0 spiro atoms. The summed E-state index contributed by atoms with van der Waals surface area (Å²) in [7, 11) is -3.41. The van der Waals surface area contributed by atoms with Crippen LogP contribution in [-0.4, -0.2) is 54.3 Å². The van der Waals surface area contributed by atoms with Crippen molar-refractivity contribution in [3.63, 3.8) is 0 Å². The highest BCUT2D eigenvalue weighted by atomic mass is 32.2. The number of carboxylic acid groups (broad SMARTS) is 1. The predicted molar refractivity (Wildman–Crippen MR) is 54.6 cm³/mol. The number of hydrogen-bond donors (Lipinski definition) is 1. The van der Waals surface area contributed by atoms with Crippen LogP contribution in [0.2, 0.25) is 0 Å². The van der Waals surface area contributed by atoms with Gasteiger partial charge in [-0.25, -0.2) is 0 Å². The molecule has 1 heterocycles. The molecule has 1 aliphatic heterocycles. The van der Waals surface area contributed by atoms with E-state index in [1.54, 1.807) is 6.92 Å². The van der Waals surface area contributed by atoms with Crippen molar-refractivity contribution in [3.05, 3.63) is 0 Å². The van der Waals surface area contributed by atoms with Crippen LogP contribution in [0.15, 0.2) is 0 Å². The Kier molecular flexibility index (Phi) is 4.06. The van der Waals surface area contributed by atoms with E-state index in [1.165, 1.54) is 8.61 Å². The SMILES string of the molecule is CCN1CCCN(CCC(=O)O)S1(=O)=O. The standard InChI is InChI=1S/C8H16N2O4S/c1-2-9-5-3-6-10(15(9,13)14)7-4-8(11)12/h2-7H2,1H3,(H,11,12). The van der Waals surface area contributed by atoms with Gasteiger partial charge in [-0.2, -0.15) is 17.0 Å². The maximum atomic E-state index is 11.8. The van der Waals surface area contributed by atoms with Gasteiger partial charge in [0.15, 0.2) is 0 Å². The first-order chi connectivity index (χ1) is 6.98. The molecular formula is C8H16N2O4S. The molecule has 0 aromatic heterocycles. The number of nitrogens with zero attached hydrogens (tertiary/aromatic N) is 2. The second kappa shape index (κ2) is 4.91. The van der Waals surface area contributed by atoms with E-state index in [9.17, 15) is 13.2 Å². The van der Waals surface area contributed by atoms with Crippen LogP contribution >= 0.6 is 0 Å². The van der Waals surface area contributed by atoms with Crippen molar-refractivity contribution in [3.8, 4) is 0 Å². The van der Waals surface area contributed by atoms with Gasteiger partial charge in [0.25, 0.3) is 10.2 Å². The topological polar surface area (TPSA) is 77.9 Å². The number of carbonyl (C=O) groups is 1. The predicted octanol–water partition coefficient (Wildman–Crippen LogP) is -0.266. The Bertz CT molecular complexity index is 328. The zero-order chi connectivity index (χ0) is 11.5. The molecule has 1 aliphatic rings. The van der Waals surface area contributed by atoms with Gasteiger partial charge in [0.1, 0.15) is 0 Å². The first-order valence-corrected chi connectivity index (χ1v) is 6.35. The smallest absolute Gasteiger partial charge is 0.304 e. The van der Waals surface area contributed by atoms with Gasteiger partial charge in [-0.1, -0.05) is 6.92 Å². The van der Waals surface area contributed by atoms with E-state index in [0.29, 0.717) is 19.6 Å². The molecule has 88 valence electrons. The highest BCUT2D eigenvalue weighted by molar-refractivity contribution is 7.86. The number of hydrogen-bond acceptors (Lipinski definition) is 3. The highest BCUT2D eigenvalue weighted by Gasteiger charge is 2.32. The van der Waals surface area contributed by atoms with Crippen LogP contribution in [0.4, 0.5) is 0 Å². The molecule has 1 saturated heterocycles. The van der Waals surface area contributed by atoms with Gasteiger partial charge in [0.05, 0.1) is 6.42 Å². The van der Waals surface area contributed by atoms with E-state index in [2.05, 4.69) is 0 Å². The minimum atomic E-state index is -3.41. The van der Waals surface area contributed by atoms with Crippen LogP contribution < -0.4 is 0 Å². The number of aliphatic carboxylic acids is 1. The lowest BCUT2D eigenvalue weighted by Crippen LogP contribution is -2.49. The Morgan fingerprint density at radius 2 is 1.93 bits per heavy atom. The third kappa shape index (κ3) is 2.90. The molecular weight excluding hydrogens is 220 g/mol. The van der Waals surface area contributed by atoms with Crippen LogP contribution in [0.25, 0.3) is 0 Å². The molecule has 0 atom stereocenters. The van der Waals surface area contributed by atoms with Crippen molar-refractivity contribution in [2.75, 3.05) is 26.2 Å². The fraction of sp³-hybridized carbons (Fsp3) is 0.875. The number of carboxylic acids is 1. The molecule has 0 aromatic carbocycles. The first-order valence-electron chi connectivity index (χ1n) is 4.95. The van der Waals surface area contributed by atoms with Crippen molar-refractivity contribution in [1.29, 1.82) is 0 Å². The summed E-state index contributed by atoms with van der Waals surface area (Å²) in [4.78, 5) is 10.4. The number of rotatable bonds is 4. The van der Waals surface area contributed by atoms with Gasteiger partial charge >= 0.3 is 5.97 Å². The van der Waals surface area contributed by atoms with Crippen LogP contribution in [0, 0.1) is 0 Å². The van der Waals surface area contributed by atoms with E-state index in [4.69, 9.17) is 5.11 Å². The molecule has 0 saturated carbocycles. The fourth-order valence-corrected chi connectivity index (χ4v) is 3.28. The summed E-state index contributed by atoms with van der Waals surface area (Å²) in [6.45, 7) is 3.23. The van der Waals surface area contributed by atoms with Crippen molar-refractivity contribution >= 4 is 16.2 Å². The lowest BCUT2D eigenvalue weighted by Gasteiger charge is -2.33. The third-order valence-electron chi connectivity index (χ3n) is 2.40. The molecule has 1 rings (SSSR count). The fourth-order valence-electron chi connectivity index (χ4n) is 1.59. The molecule has 0 amide bonds. The average molecular weight is 236 g/mol. The third-order valence-corrected chi connectivity index (χ3v) is 4.51. The Balaban J connectivity index is 2.67. The maximum absolute atomic E-state index is 11.8. The molecule has 0 aliphatic carbocycles. The minimum Gasteiger partial charge on any atom is -0.481 e. The molecule has 6 nitrogen and oxygen atoms in total. The van der Waals surface area contributed by atoms with Gasteiger partial charge in [0, 0.05) is 26.2 Å². The largest absolute Gasteiger partial charge is 0.481 e. The highest BCUT2D eigenvalue weighted by Crippen LogP contribution is 2.15. The summed E-state index contributed by atoms with van der Waals surface area (Å²) in [5, 5.41) is 8.50. The summed E-state index contributed by atoms with van der Waals surface area (Å²) < 4.78 is 26.2. The van der Waals surface area contributed by atoms with Crippen LogP contribution in [0.5, 0.6) is 0 Å². The molecule has 1 fully saturated rings. The maximum Gasteiger partial charge on any atom is 0.304 e. The second-order valence-corrected chi connectivity index (χ2v) is 5.32. The van der Waals surface area contributed by atoms with Crippen LogP contribution in [0.1, 0.15) is 19.8 Å². The normalized spacial score (nSPS) is 22.7. The lowest BCUT2D eigenvalue weighted by atomic mass is 10.4. The second-order valence-electron chi connectivity index (χ2n) is 3.40. The summed E-state index contributed by atoms with van der Waals surface area (Å²) in [6, 6.07) is 0. The van der Waals surface area contributed by atoms with Crippen LogP contribution in [-0.2, 0) is 15.0 Å². The Labute approximate surface area is 89.7 Å². The van der Waals surface area contributed by atoms with E-state index in [1.807, 2.05) is 0 Å². The van der Waals surface area contributed by atoms with Crippen molar-refractivity contribution in [2.45, 2.75) is 19.8 Å². The first kappa shape index (κ1) is 12.4. The van der Waals surface area contributed by atoms with Gasteiger partial charge in [-0.3, -0.25) is 4.79 Å². The zero-order valence-electron chi connectivity index (χ0n) is 8.72. The van der Waals surface area contributed by atoms with Gasteiger partial charge in [-0.15, -0.1) is 0 Å². The van der Waals surface area contributed by atoms with Crippen molar-refractivity contribution in [1.82, 2.24) is 8.61 Å². The Hall–Kier alpha value is -0.660. The summed E-state index contributed by atoms with van der Waals surface area (Å²) >= 11 is 0. The minimum absolute atomic E-state index is 0.0637. The molecule has 0 radical (unpaired) electrons. The van der Waals surface area contributed by atoms with E-state index in [-0.39, 0.29) is 13.0 Å². The van der Waals surface area contributed by atoms with E-state index in [0.717, 1.165) is 6.42 Å². The van der Waals surface area contributed by atoms with Gasteiger partial charge in [-0.05, 0) is 6.42 Å². The lowest BCUT2D eigenvalue weighted by molar-refractivity contribution is -0.137. The quantitative estimate of drug-likeness (QED) is 0.729. The summed E-state index contributed by atoms with van der Waals surface area (Å²) in [5.74, 6) is -0.973. The Morgan fingerprint density at radius 3 is 2.47 bits per heavy atom. The molecule has 7 heteroatoms. The molecule has 0 unspecified atom stereocenters. The average Bonchev–Trinajstić information content (AvgIpc) is 2.15. The monoisotopic (exact) mass is 236 g/mol. The van der Waals surface area contributed by atoms with Gasteiger partial charge < -0.3 is 5.11 Å².